The zero-order valence-corrected chi connectivity index (χ0v) is 21.1. The SMILES string of the molecule is O=C(NC(=S)Nc1ccccc1C(=O)N1CCCCCC1)c1ccc(OCCc2ccccc2)cc1. The van der Waals surface area contributed by atoms with Crippen molar-refractivity contribution in [3.8, 4) is 5.75 Å². The molecule has 1 aliphatic heterocycles. The van der Waals surface area contributed by atoms with Crippen LogP contribution in [0.15, 0.2) is 78.9 Å². The maximum atomic E-state index is 13.1. The first-order valence-corrected chi connectivity index (χ1v) is 12.8. The number of hydrogen-bond donors (Lipinski definition) is 2. The highest BCUT2D eigenvalue weighted by Gasteiger charge is 2.20. The van der Waals surface area contributed by atoms with Crippen molar-refractivity contribution in [3.63, 3.8) is 0 Å². The van der Waals surface area contributed by atoms with Crippen LogP contribution in [0.1, 0.15) is 52.0 Å². The van der Waals surface area contributed by atoms with Crippen LogP contribution >= 0.6 is 12.2 Å². The van der Waals surface area contributed by atoms with E-state index in [1.54, 1.807) is 36.4 Å². The van der Waals surface area contributed by atoms with Gasteiger partial charge in [-0.2, -0.15) is 0 Å². The molecule has 3 aromatic rings. The number of ether oxygens (including phenoxy) is 1. The third-order valence-corrected chi connectivity index (χ3v) is 6.35. The van der Waals surface area contributed by atoms with E-state index in [1.165, 1.54) is 5.56 Å². The van der Waals surface area contributed by atoms with Gasteiger partial charge in [-0.3, -0.25) is 14.9 Å². The Balaban J connectivity index is 1.30. The molecule has 0 radical (unpaired) electrons. The summed E-state index contributed by atoms with van der Waals surface area (Å²) in [6.07, 6.45) is 5.16. The van der Waals surface area contributed by atoms with Gasteiger partial charge in [0.15, 0.2) is 5.11 Å². The first-order valence-electron chi connectivity index (χ1n) is 12.4. The second kappa shape index (κ2) is 12.8. The Kier molecular flexibility index (Phi) is 9.05. The van der Waals surface area contributed by atoms with Crippen molar-refractivity contribution in [1.29, 1.82) is 0 Å². The summed E-state index contributed by atoms with van der Waals surface area (Å²) in [5.41, 5.74) is 2.81. The maximum Gasteiger partial charge on any atom is 0.257 e. The van der Waals surface area contributed by atoms with E-state index in [4.69, 9.17) is 17.0 Å². The number of carbonyl (C=O) groups is 2. The zero-order chi connectivity index (χ0) is 25.2. The predicted molar refractivity (Wildman–Crippen MR) is 147 cm³/mol. The number of nitrogens with zero attached hydrogens (tertiary/aromatic N) is 1. The second-order valence-corrected chi connectivity index (χ2v) is 9.18. The van der Waals surface area contributed by atoms with E-state index in [-0.39, 0.29) is 16.9 Å². The zero-order valence-electron chi connectivity index (χ0n) is 20.2. The molecule has 2 N–H and O–H groups in total. The molecule has 4 rings (SSSR count). The summed E-state index contributed by atoms with van der Waals surface area (Å²) in [6.45, 7) is 2.08. The van der Waals surface area contributed by atoms with Crippen LogP contribution < -0.4 is 15.4 Å². The van der Waals surface area contributed by atoms with Crippen LogP contribution in [-0.4, -0.2) is 41.5 Å². The molecule has 1 heterocycles. The smallest absolute Gasteiger partial charge is 0.257 e. The van der Waals surface area contributed by atoms with Crippen LogP contribution in [0.25, 0.3) is 0 Å². The highest BCUT2D eigenvalue weighted by atomic mass is 32.1. The average molecular weight is 502 g/mol. The minimum absolute atomic E-state index is 0.0167. The Hall–Kier alpha value is -3.71. The molecule has 6 nitrogen and oxygen atoms in total. The molecular formula is C29H31N3O3S. The van der Waals surface area contributed by atoms with E-state index >= 15 is 0 Å². The van der Waals surface area contributed by atoms with Crippen molar-refractivity contribution < 1.29 is 14.3 Å². The van der Waals surface area contributed by atoms with Gasteiger partial charge in [0.2, 0.25) is 0 Å². The Morgan fingerprint density at radius 1 is 0.833 bits per heavy atom. The molecule has 0 unspecified atom stereocenters. The lowest BCUT2D eigenvalue weighted by Crippen LogP contribution is -2.36. The quantitative estimate of drug-likeness (QED) is 0.421. The molecule has 1 saturated heterocycles. The summed E-state index contributed by atoms with van der Waals surface area (Å²) in [7, 11) is 0. The van der Waals surface area contributed by atoms with E-state index in [9.17, 15) is 9.59 Å². The topological polar surface area (TPSA) is 70.7 Å². The molecule has 0 atom stereocenters. The van der Waals surface area contributed by atoms with Crippen LogP contribution in [0.3, 0.4) is 0 Å². The van der Waals surface area contributed by atoms with Crippen LogP contribution in [0.4, 0.5) is 5.69 Å². The van der Waals surface area contributed by atoms with Crippen LogP contribution in [0.2, 0.25) is 0 Å². The fourth-order valence-corrected chi connectivity index (χ4v) is 4.39. The number of thiocarbonyl (C=S) groups is 1. The van der Waals surface area contributed by atoms with E-state index in [1.807, 2.05) is 35.2 Å². The summed E-state index contributed by atoms with van der Waals surface area (Å²) in [4.78, 5) is 27.7. The van der Waals surface area contributed by atoms with E-state index in [2.05, 4.69) is 22.8 Å². The molecule has 0 spiro atoms. The van der Waals surface area contributed by atoms with Gasteiger partial charge in [0.05, 0.1) is 17.9 Å². The average Bonchev–Trinajstić information content (AvgIpc) is 3.19. The Bertz CT molecular complexity index is 1170. The van der Waals surface area contributed by atoms with Gasteiger partial charge in [-0.15, -0.1) is 0 Å². The summed E-state index contributed by atoms with van der Waals surface area (Å²) >= 11 is 5.37. The number of nitrogens with one attached hydrogen (secondary N) is 2. The summed E-state index contributed by atoms with van der Waals surface area (Å²) in [6, 6.07) is 24.3. The van der Waals surface area contributed by atoms with E-state index < -0.39 is 0 Å². The van der Waals surface area contributed by atoms with Crippen molar-refractivity contribution in [3.05, 3.63) is 95.6 Å². The standard InChI is InChI=1S/C29H31N3O3S/c33-27(23-14-16-24(17-15-23)35-21-18-22-10-4-3-5-11-22)31-29(36)30-26-13-7-6-12-25(26)28(34)32-19-8-1-2-9-20-32/h3-7,10-17H,1-2,8-9,18-21H2,(H2,30,31,33,36). The molecule has 1 fully saturated rings. The Morgan fingerprint density at radius 2 is 1.50 bits per heavy atom. The number of hydrogen-bond acceptors (Lipinski definition) is 4. The monoisotopic (exact) mass is 501 g/mol. The number of para-hydroxylation sites is 1. The highest BCUT2D eigenvalue weighted by molar-refractivity contribution is 7.80. The third-order valence-electron chi connectivity index (χ3n) is 6.14. The largest absolute Gasteiger partial charge is 0.493 e. The number of benzene rings is 3. The van der Waals surface area contributed by atoms with Crippen molar-refractivity contribution in [1.82, 2.24) is 10.2 Å². The second-order valence-electron chi connectivity index (χ2n) is 8.77. The number of amides is 2. The van der Waals surface area contributed by atoms with Gasteiger partial charge < -0.3 is 15.0 Å². The van der Waals surface area contributed by atoms with Gasteiger partial charge in [0.1, 0.15) is 5.75 Å². The molecule has 7 heteroatoms. The molecule has 0 bridgehead atoms. The minimum atomic E-state index is -0.334. The van der Waals surface area contributed by atoms with Gasteiger partial charge >= 0.3 is 0 Å². The molecule has 0 aromatic heterocycles. The Labute approximate surface area is 217 Å². The lowest BCUT2D eigenvalue weighted by atomic mass is 10.1. The van der Waals surface area contributed by atoms with Crippen LogP contribution in [-0.2, 0) is 6.42 Å². The van der Waals surface area contributed by atoms with Gasteiger partial charge in [-0.05, 0) is 67.0 Å². The molecule has 3 aromatic carbocycles. The minimum Gasteiger partial charge on any atom is -0.493 e. The lowest BCUT2D eigenvalue weighted by molar-refractivity contribution is 0.0762. The summed E-state index contributed by atoms with van der Waals surface area (Å²) in [5.74, 6) is 0.348. The summed E-state index contributed by atoms with van der Waals surface area (Å²) < 4.78 is 5.79. The molecule has 1 aliphatic rings. The fraction of sp³-hybridized carbons (Fsp3) is 0.276. The van der Waals surface area contributed by atoms with Gasteiger partial charge in [0, 0.05) is 25.1 Å². The molecular weight excluding hydrogens is 470 g/mol. The van der Waals surface area contributed by atoms with Gasteiger partial charge in [-0.25, -0.2) is 0 Å². The number of carbonyl (C=O) groups excluding carboxylic acids is 2. The maximum absolute atomic E-state index is 13.1. The van der Waals surface area contributed by atoms with Crippen molar-refractivity contribution in [2.75, 3.05) is 25.0 Å². The molecule has 36 heavy (non-hydrogen) atoms. The van der Waals surface area contributed by atoms with Crippen molar-refractivity contribution in [2.45, 2.75) is 32.1 Å². The third kappa shape index (κ3) is 7.15. The molecule has 2 amide bonds. The number of anilines is 1. The van der Waals surface area contributed by atoms with Crippen LogP contribution in [0.5, 0.6) is 5.75 Å². The van der Waals surface area contributed by atoms with E-state index in [0.717, 1.165) is 45.2 Å². The van der Waals surface area contributed by atoms with Gasteiger partial charge in [0.25, 0.3) is 11.8 Å². The Morgan fingerprint density at radius 3 is 2.22 bits per heavy atom. The predicted octanol–water partition coefficient (Wildman–Crippen LogP) is 5.45. The molecule has 186 valence electrons. The highest BCUT2D eigenvalue weighted by Crippen LogP contribution is 2.20. The number of rotatable bonds is 7. The van der Waals surface area contributed by atoms with Crippen molar-refractivity contribution >= 4 is 34.8 Å². The number of likely N-dealkylation sites (tertiary alicyclic amines) is 1. The van der Waals surface area contributed by atoms with Gasteiger partial charge in [-0.1, -0.05) is 55.3 Å². The van der Waals surface area contributed by atoms with Crippen molar-refractivity contribution in [2.24, 2.45) is 0 Å². The van der Waals surface area contributed by atoms with E-state index in [0.29, 0.717) is 29.2 Å². The normalized spacial score (nSPS) is 13.4. The first-order chi connectivity index (χ1) is 17.6. The summed E-state index contributed by atoms with van der Waals surface area (Å²) in [5, 5.41) is 5.87. The van der Waals surface area contributed by atoms with Crippen LogP contribution in [0, 0.1) is 0 Å². The molecule has 0 aliphatic carbocycles. The molecule has 0 saturated carbocycles. The first kappa shape index (κ1) is 25.4. The lowest BCUT2D eigenvalue weighted by Gasteiger charge is -2.22. The fourth-order valence-electron chi connectivity index (χ4n) is 4.19.